The SMILES string of the molecule is O=C(OCc1ccccc1)[C@@H]1C[C@H](O)CN1C(=O)O. The number of hydrogen-bond acceptors (Lipinski definition) is 4. The second-order valence-corrected chi connectivity index (χ2v) is 4.43. The van der Waals surface area contributed by atoms with Crippen LogP contribution >= 0.6 is 0 Å². The van der Waals surface area contributed by atoms with Crippen molar-refractivity contribution in [1.82, 2.24) is 4.90 Å². The molecule has 0 saturated carbocycles. The van der Waals surface area contributed by atoms with Gasteiger partial charge in [0, 0.05) is 6.42 Å². The van der Waals surface area contributed by atoms with Crippen molar-refractivity contribution in [3.05, 3.63) is 35.9 Å². The first-order valence-corrected chi connectivity index (χ1v) is 5.96. The van der Waals surface area contributed by atoms with Gasteiger partial charge < -0.3 is 14.9 Å². The molecule has 0 spiro atoms. The van der Waals surface area contributed by atoms with Crippen LogP contribution in [0.4, 0.5) is 4.79 Å². The predicted molar refractivity (Wildman–Crippen MR) is 65.4 cm³/mol. The average Bonchev–Trinajstić information content (AvgIpc) is 2.79. The van der Waals surface area contributed by atoms with Gasteiger partial charge in [-0.1, -0.05) is 30.3 Å². The Kier molecular flexibility index (Phi) is 4.01. The van der Waals surface area contributed by atoms with Crippen molar-refractivity contribution in [2.24, 2.45) is 0 Å². The number of nitrogens with zero attached hydrogens (tertiary/aromatic N) is 1. The largest absolute Gasteiger partial charge is 0.465 e. The van der Waals surface area contributed by atoms with Gasteiger partial charge in [0.25, 0.3) is 0 Å². The molecule has 2 rings (SSSR count). The highest BCUT2D eigenvalue weighted by atomic mass is 16.5. The summed E-state index contributed by atoms with van der Waals surface area (Å²) in [6.45, 7) is 0.0418. The molecule has 19 heavy (non-hydrogen) atoms. The number of aliphatic hydroxyl groups excluding tert-OH is 1. The van der Waals surface area contributed by atoms with Crippen LogP contribution in [-0.4, -0.2) is 45.9 Å². The molecule has 0 aliphatic carbocycles. The lowest BCUT2D eigenvalue weighted by Crippen LogP contribution is -2.40. The number of hydrogen-bond donors (Lipinski definition) is 2. The summed E-state index contributed by atoms with van der Waals surface area (Å²) >= 11 is 0. The summed E-state index contributed by atoms with van der Waals surface area (Å²) < 4.78 is 5.09. The van der Waals surface area contributed by atoms with Crippen molar-refractivity contribution < 1.29 is 24.5 Å². The first-order valence-electron chi connectivity index (χ1n) is 5.96. The van der Waals surface area contributed by atoms with E-state index in [0.717, 1.165) is 10.5 Å². The van der Waals surface area contributed by atoms with Crippen LogP contribution in [0.15, 0.2) is 30.3 Å². The fraction of sp³-hybridized carbons (Fsp3) is 0.385. The maximum absolute atomic E-state index is 11.8. The van der Waals surface area contributed by atoms with E-state index in [-0.39, 0.29) is 19.6 Å². The fourth-order valence-corrected chi connectivity index (χ4v) is 2.07. The van der Waals surface area contributed by atoms with Crippen LogP contribution < -0.4 is 0 Å². The summed E-state index contributed by atoms with van der Waals surface area (Å²) in [5.41, 5.74) is 0.830. The standard InChI is InChI=1S/C13H15NO5/c15-10-6-11(14(7-10)13(17)18)12(16)19-8-9-4-2-1-3-5-9/h1-5,10-11,15H,6-8H2,(H,17,18)/t10-,11-/m0/s1. The third-order valence-corrected chi connectivity index (χ3v) is 3.02. The number of aliphatic hydroxyl groups is 1. The average molecular weight is 265 g/mol. The molecular weight excluding hydrogens is 250 g/mol. The van der Waals surface area contributed by atoms with Gasteiger partial charge in [-0.25, -0.2) is 9.59 Å². The zero-order valence-electron chi connectivity index (χ0n) is 10.2. The summed E-state index contributed by atoms with van der Waals surface area (Å²) in [7, 11) is 0. The highest BCUT2D eigenvalue weighted by molar-refractivity contribution is 5.81. The van der Waals surface area contributed by atoms with Crippen LogP contribution in [0.3, 0.4) is 0 Å². The normalized spacial score (nSPS) is 22.3. The molecule has 0 bridgehead atoms. The zero-order valence-corrected chi connectivity index (χ0v) is 10.2. The van der Waals surface area contributed by atoms with E-state index in [1.54, 1.807) is 0 Å². The van der Waals surface area contributed by atoms with Gasteiger partial charge in [0.2, 0.25) is 0 Å². The van der Waals surface area contributed by atoms with E-state index in [4.69, 9.17) is 9.84 Å². The number of rotatable bonds is 3. The molecular formula is C13H15NO5. The number of ether oxygens (including phenoxy) is 1. The molecule has 1 aliphatic rings. The van der Waals surface area contributed by atoms with Crippen LogP contribution in [0.1, 0.15) is 12.0 Å². The lowest BCUT2D eigenvalue weighted by atomic mass is 10.2. The Morgan fingerprint density at radius 2 is 2.00 bits per heavy atom. The molecule has 1 fully saturated rings. The maximum atomic E-state index is 11.8. The Morgan fingerprint density at radius 1 is 1.32 bits per heavy atom. The predicted octanol–water partition coefficient (Wildman–Crippen LogP) is 0.843. The molecule has 0 unspecified atom stereocenters. The number of esters is 1. The Bertz CT molecular complexity index is 461. The van der Waals surface area contributed by atoms with Crippen LogP contribution in [0.2, 0.25) is 0 Å². The molecule has 6 heteroatoms. The highest BCUT2D eigenvalue weighted by Crippen LogP contribution is 2.19. The molecule has 1 aliphatic heterocycles. The van der Waals surface area contributed by atoms with Gasteiger partial charge in [-0.05, 0) is 5.56 Å². The fourth-order valence-electron chi connectivity index (χ4n) is 2.07. The number of carbonyl (C=O) groups is 2. The van der Waals surface area contributed by atoms with E-state index in [1.165, 1.54) is 0 Å². The molecule has 1 saturated heterocycles. The third-order valence-electron chi connectivity index (χ3n) is 3.02. The highest BCUT2D eigenvalue weighted by Gasteiger charge is 2.39. The van der Waals surface area contributed by atoms with Gasteiger partial charge in [0.05, 0.1) is 12.6 Å². The van der Waals surface area contributed by atoms with Crippen LogP contribution in [0.25, 0.3) is 0 Å². The number of carbonyl (C=O) groups excluding carboxylic acids is 1. The minimum absolute atomic E-state index is 0.0551. The minimum Gasteiger partial charge on any atom is -0.465 e. The Labute approximate surface area is 110 Å². The molecule has 2 atom stereocenters. The summed E-state index contributed by atoms with van der Waals surface area (Å²) in [5, 5.41) is 18.4. The van der Waals surface area contributed by atoms with E-state index >= 15 is 0 Å². The van der Waals surface area contributed by atoms with Gasteiger partial charge in [-0.15, -0.1) is 0 Å². The molecule has 1 heterocycles. The third kappa shape index (κ3) is 3.23. The second-order valence-electron chi connectivity index (χ2n) is 4.43. The topological polar surface area (TPSA) is 87.1 Å². The van der Waals surface area contributed by atoms with Gasteiger partial charge in [-0.3, -0.25) is 4.90 Å². The van der Waals surface area contributed by atoms with Crippen LogP contribution in [-0.2, 0) is 16.1 Å². The number of benzene rings is 1. The Hall–Kier alpha value is -2.08. The monoisotopic (exact) mass is 265 g/mol. The molecule has 6 nitrogen and oxygen atoms in total. The van der Waals surface area contributed by atoms with E-state index in [1.807, 2.05) is 30.3 Å². The molecule has 1 amide bonds. The molecule has 0 radical (unpaired) electrons. The molecule has 1 aromatic rings. The zero-order chi connectivity index (χ0) is 13.8. The number of amides is 1. The molecule has 2 N–H and O–H groups in total. The van der Waals surface area contributed by atoms with Crippen LogP contribution in [0.5, 0.6) is 0 Å². The molecule has 1 aromatic carbocycles. The van der Waals surface area contributed by atoms with E-state index in [2.05, 4.69) is 0 Å². The van der Waals surface area contributed by atoms with Gasteiger partial charge >= 0.3 is 12.1 Å². The lowest BCUT2D eigenvalue weighted by Gasteiger charge is -2.19. The summed E-state index contributed by atoms with van der Waals surface area (Å²) in [6.07, 6.45) is -1.96. The second kappa shape index (κ2) is 5.71. The van der Waals surface area contributed by atoms with Gasteiger partial charge in [0.15, 0.2) is 0 Å². The maximum Gasteiger partial charge on any atom is 0.408 e. The first kappa shape index (κ1) is 13.4. The lowest BCUT2D eigenvalue weighted by molar-refractivity contribution is -0.149. The summed E-state index contributed by atoms with van der Waals surface area (Å²) in [6, 6.07) is 8.21. The molecule has 102 valence electrons. The Morgan fingerprint density at radius 3 is 2.63 bits per heavy atom. The first-order chi connectivity index (χ1) is 9.08. The van der Waals surface area contributed by atoms with Crippen molar-refractivity contribution in [2.75, 3.05) is 6.54 Å². The van der Waals surface area contributed by atoms with Crippen molar-refractivity contribution in [2.45, 2.75) is 25.2 Å². The molecule has 0 aromatic heterocycles. The van der Waals surface area contributed by atoms with Crippen LogP contribution in [0, 0.1) is 0 Å². The smallest absolute Gasteiger partial charge is 0.408 e. The number of β-amino-alcohol motifs (C(OH)–C–C–N with tert-alkyl or cyclic N) is 1. The number of carboxylic acid groups (broad SMARTS) is 1. The summed E-state index contributed by atoms with van der Waals surface area (Å²) in [4.78, 5) is 23.7. The number of likely N-dealkylation sites (tertiary alicyclic amines) is 1. The van der Waals surface area contributed by atoms with Gasteiger partial charge in [-0.2, -0.15) is 0 Å². The van der Waals surface area contributed by atoms with E-state index in [0.29, 0.717) is 0 Å². The van der Waals surface area contributed by atoms with Crippen molar-refractivity contribution >= 4 is 12.1 Å². The van der Waals surface area contributed by atoms with E-state index in [9.17, 15) is 14.7 Å². The van der Waals surface area contributed by atoms with Crippen molar-refractivity contribution in [3.63, 3.8) is 0 Å². The van der Waals surface area contributed by atoms with Gasteiger partial charge in [0.1, 0.15) is 12.6 Å². The van der Waals surface area contributed by atoms with E-state index < -0.39 is 24.2 Å². The minimum atomic E-state index is -1.22. The Balaban J connectivity index is 1.94. The quantitative estimate of drug-likeness (QED) is 0.791. The van der Waals surface area contributed by atoms with Crippen molar-refractivity contribution in [1.29, 1.82) is 0 Å². The van der Waals surface area contributed by atoms with Crippen molar-refractivity contribution in [3.8, 4) is 0 Å². The summed E-state index contributed by atoms with van der Waals surface area (Å²) in [5.74, 6) is -0.622.